The normalized spacial score (nSPS) is 10.8. The van der Waals surface area contributed by atoms with Gasteiger partial charge in [-0.2, -0.15) is 0 Å². The quantitative estimate of drug-likeness (QED) is 0.725. The Kier molecular flexibility index (Phi) is 5.49. The topological polar surface area (TPSA) is 25.8 Å². The van der Waals surface area contributed by atoms with E-state index in [9.17, 15) is 0 Å². The summed E-state index contributed by atoms with van der Waals surface area (Å²) < 4.78 is 0. The third-order valence-electron chi connectivity index (χ3n) is 3.41. The molecular weight excluding hydrogens is 284 g/mol. The minimum Gasteiger partial charge on any atom is -0.249 e. The van der Waals surface area contributed by atoms with E-state index in [4.69, 9.17) is 0 Å². The van der Waals surface area contributed by atoms with E-state index in [-0.39, 0.29) is 0 Å². The smallest absolute Gasteiger partial charge is 0.110 e. The molecule has 0 unspecified atom stereocenters. The van der Waals surface area contributed by atoms with Crippen molar-refractivity contribution in [1.82, 2.24) is 9.97 Å². The molecule has 0 saturated carbocycles. The van der Waals surface area contributed by atoms with Crippen LogP contribution in [0.4, 0.5) is 0 Å². The van der Waals surface area contributed by atoms with Crippen molar-refractivity contribution in [3.63, 3.8) is 0 Å². The molecule has 0 aliphatic carbocycles. The zero-order valence-corrected chi connectivity index (χ0v) is 14.1. The molecule has 20 heavy (non-hydrogen) atoms. The summed E-state index contributed by atoms with van der Waals surface area (Å²) in [5.41, 5.74) is 5.32. The van der Waals surface area contributed by atoms with Gasteiger partial charge in [-0.1, -0.05) is 13.8 Å². The molecule has 2 heterocycles. The van der Waals surface area contributed by atoms with Crippen molar-refractivity contribution in [1.29, 1.82) is 0 Å². The molecule has 0 N–H and O–H groups in total. The molecule has 0 amide bonds. The first-order valence-electron chi connectivity index (χ1n) is 6.90. The summed E-state index contributed by atoms with van der Waals surface area (Å²) in [7, 11) is 3.44. The lowest BCUT2D eigenvalue weighted by Gasteiger charge is -2.11. The van der Waals surface area contributed by atoms with Crippen LogP contribution in [0, 0.1) is 13.8 Å². The van der Waals surface area contributed by atoms with Crippen molar-refractivity contribution < 1.29 is 0 Å². The van der Waals surface area contributed by atoms with Crippen LogP contribution >= 0.6 is 21.6 Å². The highest BCUT2D eigenvalue weighted by atomic mass is 33.1. The molecule has 4 heteroatoms. The minimum atomic E-state index is 1.02. The Hall–Kier alpha value is -1.00. The maximum absolute atomic E-state index is 4.52. The first-order valence-corrected chi connectivity index (χ1v) is 9.05. The van der Waals surface area contributed by atoms with Crippen LogP contribution in [0.5, 0.6) is 0 Å². The standard InChI is InChI=1S/C16H20N2S2/c1-5-13-11(3)7-9-17-15(13)19-20-16-14(6-2)12(4)8-10-18-16/h7-10H,5-6H2,1-4H3. The van der Waals surface area contributed by atoms with Crippen LogP contribution in [0.25, 0.3) is 0 Å². The van der Waals surface area contributed by atoms with E-state index >= 15 is 0 Å². The lowest BCUT2D eigenvalue weighted by molar-refractivity contribution is 0.971. The maximum Gasteiger partial charge on any atom is 0.110 e. The first kappa shape index (κ1) is 15.4. The van der Waals surface area contributed by atoms with Gasteiger partial charge in [0.2, 0.25) is 0 Å². The van der Waals surface area contributed by atoms with Crippen LogP contribution < -0.4 is 0 Å². The van der Waals surface area contributed by atoms with E-state index in [1.54, 1.807) is 21.6 Å². The average Bonchev–Trinajstić information content (AvgIpc) is 2.45. The highest BCUT2D eigenvalue weighted by Crippen LogP contribution is 2.39. The van der Waals surface area contributed by atoms with Crippen LogP contribution in [-0.4, -0.2) is 9.97 Å². The molecule has 0 atom stereocenters. The van der Waals surface area contributed by atoms with Crippen molar-refractivity contribution in [2.45, 2.75) is 50.6 Å². The molecule has 2 aromatic heterocycles. The highest BCUT2D eigenvalue weighted by Gasteiger charge is 2.10. The van der Waals surface area contributed by atoms with E-state index in [1.165, 1.54) is 22.3 Å². The Morgan fingerprint density at radius 1 is 0.800 bits per heavy atom. The third-order valence-corrected chi connectivity index (χ3v) is 5.71. The highest BCUT2D eigenvalue weighted by molar-refractivity contribution is 8.76. The Morgan fingerprint density at radius 3 is 1.55 bits per heavy atom. The summed E-state index contributed by atoms with van der Waals surface area (Å²) in [6.45, 7) is 8.66. The van der Waals surface area contributed by atoms with Gasteiger partial charge in [0.05, 0.1) is 0 Å². The minimum absolute atomic E-state index is 1.02. The third kappa shape index (κ3) is 3.36. The molecule has 0 fully saturated rings. The van der Waals surface area contributed by atoms with E-state index in [1.807, 2.05) is 12.4 Å². The largest absolute Gasteiger partial charge is 0.249 e. The molecule has 0 bridgehead atoms. The molecule has 0 spiro atoms. The van der Waals surface area contributed by atoms with E-state index in [2.05, 4.69) is 49.8 Å². The van der Waals surface area contributed by atoms with E-state index < -0.39 is 0 Å². The van der Waals surface area contributed by atoms with E-state index in [0.717, 1.165) is 22.9 Å². The van der Waals surface area contributed by atoms with Crippen molar-refractivity contribution >= 4 is 21.6 Å². The SMILES string of the molecule is CCc1c(C)ccnc1SSc1nccc(C)c1CC. The zero-order valence-electron chi connectivity index (χ0n) is 12.4. The second-order valence-electron chi connectivity index (χ2n) is 4.70. The summed E-state index contributed by atoms with van der Waals surface area (Å²) in [6, 6.07) is 4.16. The lowest BCUT2D eigenvalue weighted by Crippen LogP contribution is -1.94. The van der Waals surface area contributed by atoms with Gasteiger partial charge in [-0.15, -0.1) is 0 Å². The van der Waals surface area contributed by atoms with Crippen LogP contribution in [-0.2, 0) is 12.8 Å². The van der Waals surface area contributed by atoms with Crippen molar-refractivity contribution in [2.24, 2.45) is 0 Å². The van der Waals surface area contributed by atoms with Crippen LogP contribution in [0.15, 0.2) is 34.6 Å². The number of rotatable bonds is 5. The lowest BCUT2D eigenvalue weighted by atomic mass is 10.1. The molecule has 2 nitrogen and oxygen atoms in total. The fourth-order valence-electron chi connectivity index (χ4n) is 2.21. The van der Waals surface area contributed by atoms with Gasteiger partial charge in [0.25, 0.3) is 0 Å². The molecule has 2 rings (SSSR count). The molecule has 106 valence electrons. The number of hydrogen-bond acceptors (Lipinski definition) is 4. The monoisotopic (exact) mass is 304 g/mol. The molecule has 2 aromatic rings. The van der Waals surface area contributed by atoms with Gasteiger partial charge in [0.1, 0.15) is 10.1 Å². The molecule has 0 radical (unpaired) electrons. The van der Waals surface area contributed by atoms with Gasteiger partial charge < -0.3 is 0 Å². The number of aryl methyl sites for hydroxylation is 2. The van der Waals surface area contributed by atoms with Gasteiger partial charge in [0.15, 0.2) is 0 Å². The molecular formula is C16H20N2S2. The fourth-order valence-corrected chi connectivity index (χ4v) is 4.72. The van der Waals surface area contributed by atoms with Gasteiger partial charge in [-0.25, -0.2) is 9.97 Å². The summed E-state index contributed by atoms with van der Waals surface area (Å²) in [5, 5.41) is 2.23. The van der Waals surface area contributed by atoms with Crippen molar-refractivity contribution in [2.75, 3.05) is 0 Å². The van der Waals surface area contributed by atoms with Gasteiger partial charge in [0, 0.05) is 12.4 Å². The van der Waals surface area contributed by atoms with Crippen molar-refractivity contribution in [3.05, 3.63) is 46.8 Å². The Bertz CT molecular complexity index is 544. The molecule has 0 aliphatic heterocycles. The second-order valence-corrected chi connectivity index (χ2v) is 6.80. The zero-order chi connectivity index (χ0) is 14.5. The summed E-state index contributed by atoms with van der Waals surface area (Å²) in [5.74, 6) is 0. The van der Waals surface area contributed by atoms with E-state index in [0.29, 0.717) is 0 Å². The average molecular weight is 304 g/mol. The van der Waals surface area contributed by atoms with Crippen LogP contribution in [0.1, 0.15) is 36.1 Å². The fraction of sp³-hybridized carbons (Fsp3) is 0.375. The predicted octanol–water partition coefficient (Wildman–Crippen LogP) is 5.02. The number of aromatic nitrogens is 2. The Morgan fingerprint density at radius 2 is 1.20 bits per heavy atom. The summed E-state index contributed by atoms with van der Waals surface area (Å²) in [6.07, 6.45) is 5.82. The molecule has 0 aliphatic rings. The van der Waals surface area contributed by atoms with Gasteiger partial charge in [-0.3, -0.25) is 0 Å². The predicted molar refractivity (Wildman–Crippen MR) is 88.4 cm³/mol. The number of nitrogens with zero attached hydrogens (tertiary/aromatic N) is 2. The molecule has 0 saturated heterocycles. The number of pyridine rings is 2. The summed E-state index contributed by atoms with van der Waals surface area (Å²) >= 11 is 0. The number of hydrogen-bond donors (Lipinski definition) is 0. The van der Waals surface area contributed by atoms with Crippen LogP contribution in [0.3, 0.4) is 0 Å². The second kappa shape index (κ2) is 7.14. The Balaban J connectivity index is 2.21. The molecule has 0 aromatic carbocycles. The van der Waals surface area contributed by atoms with Gasteiger partial charge >= 0.3 is 0 Å². The first-order chi connectivity index (χ1) is 9.67. The summed E-state index contributed by atoms with van der Waals surface area (Å²) in [4.78, 5) is 9.04. The Labute approximate surface area is 129 Å². The van der Waals surface area contributed by atoms with Gasteiger partial charge in [-0.05, 0) is 82.7 Å². The maximum atomic E-state index is 4.52. The van der Waals surface area contributed by atoms with Crippen molar-refractivity contribution in [3.8, 4) is 0 Å². The van der Waals surface area contributed by atoms with Crippen LogP contribution in [0.2, 0.25) is 0 Å².